The van der Waals surface area contributed by atoms with E-state index in [1.165, 1.54) is 19.2 Å². The Hall–Kier alpha value is -4.94. The number of aliphatic carboxylic acids is 1. The largest absolute Gasteiger partial charge is 0.573 e. The molecular weight excluding hydrogens is 552 g/mol. The molecule has 1 N–H and O–H groups in total. The predicted molar refractivity (Wildman–Crippen MR) is 138 cm³/mol. The van der Waals surface area contributed by atoms with Gasteiger partial charge in [-0.15, -0.1) is 13.2 Å². The van der Waals surface area contributed by atoms with Crippen molar-refractivity contribution in [1.82, 2.24) is 9.72 Å². The Bertz CT molecular complexity index is 1760. The molecule has 0 radical (unpaired) electrons. The van der Waals surface area contributed by atoms with Gasteiger partial charge in [-0.25, -0.2) is 9.18 Å². The molecule has 13 heteroatoms. The van der Waals surface area contributed by atoms with Crippen molar-refractivity contribution < 1.29 is 50.9 Å². The van der Waals surface area contributed by atoms with Crippen LogP contribution in [0.25, 0.3) is 27.7 Å². The predicted octanol–water partition coefficient (Wildman–Crippen LogP) is 7.16. The number of nitrogens with zero attached hydrogens (tertiary/aromatic N) is 2. The number of benzene rings is 3. The first-order valence-corrected chi connectivity index (χ1v) is 12.2. The summed E-state index contributed by atoms with van der Waals surface area (Å²) in [6.45, 7) is 3.22. The lowest BCUT2D eigenvalue weighted by Crippen LogP contribution is -2.25. The number of carboxylic acids is 1. The lowest BCUT2D eigenvalue weighted by atomic mass is 10.2. The summed E-state index contributed by atoms with van der Waals surface area (Å²) in [5.41, 5.74) is 1.10. The van der Waals surface area contributed by atoms with Gasteiger partial charge in [-0.2, -0.15) is 0 Å². The van der Waals surface area contributed by atoms with Gasteiger partial charge < -0.3 is 28.6 Å². The Kier molecular flexibility index (Phi) is 7.11. The second kappa shape index (κ2) is 10.6. The molecule has 0 saturated heterocycles. The third-order valence-corrected chi connectivity index (χ3v) is 6.26. The first kappa shape index (κ1) is 27.6. The minimum absolute atomic E-state index is 0.00128. The average Bonchev–Trinajstić information content (AvgIpc) is 3.45. The standard InChI is InChI=1S/C28H22F4N2O7/c1-4-22(27(35)36)38-16-6-9-20(29)24(13-16)39-25-14(2)34(21-10-7-17(11-19(21)25)40-28(30,31)32)26-18-8-5-15(37-3)12-23(18)41-33-26/h5-13,22H,4H2,1-3H3,(H,35,36)/t22-/m0/s1. The van der Waals surface area contributed by atoms with Crippen LogP contribution in [0.5, 0.6) is 28.7 Å². The highest BCUT2D eigenvalue weighted by Gasteiger charge is 2.32. The molecule has 2 aromatic heterocycles. The fourth-order valence-electron chi connectivity index (χ4n) is 4.38. The molecule has 0 saturated carbocycles. The molecule has 0 aliphatic rings. The first-order chi connectivity index (χ1) is 19.5. The Balaban J connectivity index is 1.66. The highest BCUT2D eigenvalue weighted by molar-refractivity contribution is 5.95. The molecule has 214 valence electrons. The van der Waals surface area contributed by atoms with E-state index in [9.17, 15) is 27.5 Å². The molecule has 0 bridgehead atoms. The van der Waals surface area contributed by atoms with Crippen LogP contribution in [0, 0.1) is 12.7 Å². The second-order valence-electron chi connectivity index (χ2n) is 8.89. The summed E-state index contributed by atoms with van der Waals surface area (Å²) >= 11 is 0. The molecule has 0 aliphatic heterocycles. The molecule has 0 aliphatic carbocycles. The monoisotopic (exact) mass is 574 g/mol. The Labute approximate surface area is 229 Å². The maximum atomic E-state index is 14.9. The van der Waals surface area contributed by atoms with Gasteiger partial charge in [-0.05, 0) is 55.8 Å². The van der Waals surface area contributed by atoms with Crippen LogP contribution in [0.1, 0.15) is 19.0 Å². The van der Waals surface area contributed by atoms with Crippen molar-refractivity contribution in [2.75, 3.05) is 7.11 Å². The molecule has 0 spiro atoms. The molecule has 5 aromatic rings. The molecule has 0 fully saturated rings. The normalized spacial score (nSPS) is 12.5. The minimum Gasteiger partial charge on any atom is -0.497 e. The van der Waals surface area contributed by atoms with Crippen molar-refractivity contribution in [2.24, 2.45) is 0 Å². The van der Waals surface area contributed by atoms with Crippen molar-refractivity contribution in [1.29, 1.82) is 0 Å². The fraction of sp³-hybridized carbons (Fsp3) is 0.214. The number of methoxy groups -OCH3 is 1. The third-order valence-electron chi connectivity index (χ3n) is 6.26. The first-order valence-electron chi connectivity index (χ1n) is 12.2. The van der Waals surface area contributed by atoms with Crippen LogP contribution < -0.4 is 18.9 Å². The van der Waals surface area contributed by atoms with E-state index < -0.39 is 30.0 Å². The van der Waals surface area contributed by atoms with Crippen LogP contribution >= 0.6 is 0 Å². The van der Waals surface area contributed by atoms with Gasteiger partial charge in [0.2, 0.25) is 0 Å². The molecule has 41 heavy (non-hydrogen) atoms. The number of hydrogen-bond donors (Lipinski definition) is 1. The lowest BCUT2D eigenvalue weighted by molar-refractivity contribution is -0.274. The molecule has 5 rings (SSSR count). The quantitative estimate of drug-likeness (QED) is 0.185. The number of alkyl halides is 3. The van der Waals surface area contributed by atoms with Crippen LogP contribution in [0.2, 0.25) is 0 Å². The Morgan fingerprint density at radius 3 is 2.46 bits per heavy atom. The smallest absolute Gasteiger partial charge is 0.497 e. The second-order valence-corrected chi connectivity index (χ2v) is 8.89. The molecule has 1 atom stereocenters. The van der Waals surface area contributed by atoms with Gasteiger partial charge in [0.25, 0.3) is 0 Å². The molecule has 9 nitrogen and oxygen atoms in total. The van der Waals surface area contributed by atoms with Gasteiger partial charge in [-0.1, -0.05) is 12.1 Å². The van der Waals surface area contributed by atoms with E-state index in [0.717, 1.165) is 24.3 Å². The fourth-order valence-corrected chi connectivity index (χ4v) is 4.38. The zero-order valence-electron chi connectivity index (χ0n) is 21.8. The summed E-state index contributed by atoms with van der Waals surface area (Å²) in [6.07, 6.45) is -5.99. The van der Waals surface area contributed by atoms with Gasteiger partial charge in [0.05, 0.1) is 23.7 Å². The van der Waals surface area contributed by atoms with Crippen LogP contribution in [-0.4, -0.2) is 40.4 Å². The van der Waals surface area contributed by atoms with Crippen molar-refractivity contribution >= 4 is 27.8 Å². The van der Waals surface area contributed by atoms with Gasteiger partial charge in [0.1, 0.15) is 17.2 Å². The Morgan fingerprint density at radius 2 is 1.78 bits per heavy atom. The highest BCUT2D eigenvalue weighted by Crippen LogP contribution is 2.42. The van der Waals surface area contributed by atoms with Crippen LogP contribution in [0.4, 0.5) is 17.6 Å². The van der Waals surface area contributed by atoms with Crippen molar-refractivity contribution in [2.45, 2.75) is 32.7 Å². The molecule has 0 amide bonds. The summed E-state index contributed by atoms with van der Waals surface area (Å²) in [6, 6.07) is 12.1. The number of halogens is 4. The van der Waals surface area contributed by atoms with E-state index in [1.807, 2.05) is 0 Å². The van der Waals surface area contributed by atoms with E-state index in [4.69, 9.17) is 18.7 Å². The van der Waals surface area contributed by atoms with Gasteiger partial charge in [-0.3, -0.25) is 4.57 Å². The molecule has 3 aromatic carbocycles. The van der Waals surface area contributed by atoms with E-state index in [0.29, 0.717) is 33.7 Å². The molecule has 0 unspecified atom stereocenters. The van der Waals surface area contributed by atoms with E-state index in [1.54, 1.807) is 36.6 Å². The number of ether oxygens (including phenoxy) is 4. The van der Waals surface area contributed by atoms with Gasteiger partial charge in [0, 0.05) is 17.5 Å². The number of aromatic nitrogens is 2. The van der Waals surface area contributed by atoms with E-state index >= 15 is 0 Å². The number of hydrogen-bond acceptors (Lipinski definition) is 7. The zero-order chi connectivity index (χ0) is 29.5. The van der Waals surface area contributed by atoms with Crippen LogP contribution in [0.3, 0.4) is 0 Å². The molecular formula is C28H22F4N2O7. The highest BCUT2D eigenvalue weighted by atomic mass is 19.4. The summed E-state index contributed by atoms with van der Waals surface area (Å²) in [5, 5.41) is 14.2. The number of carboxylic acid groups (broad SMARTS) is 1. The number of carbonyl (C=O) groups is 1. The Morgan fingerprint density at radius 1 is 1.05 bits per heavy atom. The zero-order valence-corrected chi connectivity index (χ0v) is 21.8. The summed E-state index contributed by atoms with van der Waals surface area (Å²) in [5.74, 6) is -2.04. The summed E-state index contributed by atoms with van der Waals surface area (Å²) in [4.78, 5) is 11.4. The van der Waals surface area contributed by atoms with Crippen molar-refractivity contribution in [3.05, 3.63) is 66.1 Å². The summed E-state index contributed by atoms with van der Waals surface area (Å²) < 4.78 is 81.8. The maximum Gasteiger partial charge on any atom is 0.573 e. The number of fused-ring (bicyclic) bond motifs is 2. The van der Waals surface area contributed by atoms with Crippen LogP contribution in [0.15, 0.2) is 59.1 Å². The van der Waals surface area contributed by atoms with Crippen molar-refractivity contribution in [3.63, 3.8) is 0 Å². The number of rotatable bonds is 9. The third kappa shape index (κ3) is 5.42. The molecule has 2 heterocycles. The van der Waals surface area contributed by atoms with Crippen LogP contribution in [-0.2, 0) is 4.79 Å². The topological polar surface area (TPSA) is 105 Å². The maximum absolute atomic E-state index is 14.9. The SMILES string of the molecule is CC[C@H](Oc1ccc(F)c(Oc2c(C)n(-c3noc4cc(OC)ccc34)c3ccc(OC(F)(F)F)cc23)c1)C(=O)O. The summed E-state index contributed by atoms with van der Waals surface area (Å²) in [7, 11) is 1.50. The van der Waals surface area contributed by atoms with E-state index in [2.05, 4.69) is 9.89 Å². The average molecular weight is 574 g/mol. The van der Waals surface area contributed by atoms with E-state index in [-0.39, 0.29) is 29.1 Å². The van der Waals surface area contributed by atoms with Gasteiger partial charge >= 0.3 is 12.3 Å². The van der Waals surface area contributed by atoms with Crippen molar-refractivity contribution in [3.8, 4) is 34.6 Å². The van der Waals surface area contributed by atoms with Gasteiger partial charge in [0.15, 0.2) is 34.8 Å². The lowest BCUT2D eigenvalue weighted by Gasteiger charge is -2.15. The minimum atomic E-state index is -4.95.